The molecule has 0 fully saturated rings. The molecular weight excluding hydrogens is 779 g/mol. The second kappa shape index (κ2) is 13.2. The molecule has 0 spiro atoms. The van der Waals surface area contributed by atoms with Gasteiger partial charge in [0.15, 0.2) is 0 Å². The molecule has 0 amide bonds. The van der Waals surface area contributed by atoms with Crippen LogP contribution in [0.2, 0.25) is 17.3 Å². The summed E-state index contributed by atoms with van der Waals surface area (Å²) in [5, 5.41) is 2.23. The zero-order valence-electron chi connectivity index (χ0n) is 27.0. The van der Waals surface area contributed by atoms with Gasteiger partial charge in [0.05, 0.1) is 22.4 Å². The largest absolute Gasteiger partial charge is 0 e. The standard InChI is InChI=1S/C21H15N2O.C17H22GeN.Ir/c1-2-23-18-12-5-4-11-17(18)22-21(23)16-10-7-9-15-14-8-3-6-13-19(14)24-20(15)16;1-13(2)15-11-17(14-9-7-6-8-10-14)19-12-16(15)18(3,4)5;/h3-9,11-13H,2H2,1H3;6-9,11-13H,1-5H3;/q2*-1;/i;13D;. The predicted molar refractivity (Wildman–Crippen MR) is 183 cm³/mol. The first kappa shape index (κ1) is 30.5. The minimum Gasteiger partial charge on any atom is 0 e. The summed E-state index contributed by atoms with van der Waals surface area (Å²) in [7, 11) is 0. The third kappa shape index (κ3) is 6.19. The summed E-state index contributed by atoms with van der Waals surface area (Å²) in [5.41, 5.74) is 7.82. The van der Waals surface area contributed by atoms with Crippen molar-refractivity contribution in [2.24, 2.45) is 0 Å². The van der Waals surface area contributed by atoms with Gasteiger partial charge in [0.2, 0.25) is 0 Å². The van der Waals surface area contributed by atoms with Crippen molar-refractivity contribution >= 4 is 50.6 Å². The number of furan rings is 1. The monoisotopic (exact) mass is 819 g/mol. The van der Waals surface area contributed by atoms with Gasteiger partial charge in [-0.05, 0) is 25.1 Å². The molecule has 0 unspecified atom stereocenters. The number of rotatable bonds is 5. The number of aromatic nitrogens is 3. The van der Waals surface area contributed by atoms with Gasteiger partial charge in [-0.3, -0.25) is 4.98 Å². The van der Waals surface area contributed by atoms with Crippen LogP contribution in [-0.4, -0.2) is 27.8 Å². The number of benzene rings is 4. The van der Waals surface area contributed by atoms with E-state index in [1.54, 1.807) is 0 Å². The van der Waals surface area contributed by atoms with E-state index in [4.69, 9.17) is 10.8 Å². The summed E-state index contributed by atoms with van der Waals surface area (Å²) in [6.45, 7) is 6.90. The van der Waals surface area contributed by atoms with Gasteiger partial charge in [-0.2, -0.15) is 0 Å². The maximum atomic E-state index is 8.44. The van der Waals surface area contributed by atoms with Gasteiger partial charge < -0.3 is 8.98 Å². The molecule has 0 aliphatic carbocycles. The van der Waals surface area contributed by atoms with E-state index in [2.05, 4.69) is 70.1 Å². The Labute approximate surface area is 277 Å². The second-order valence-electron chi connectivity index (χ2n) is 12.0. The first-order valence-corrected chi connectivity index (χ1v) is 22.2. The molecule has 7 rings (SSSR count). The van der Waals surface area contributed by atoms with Crippen LogP contribution >= 0.6 is 0 Å². The third-order valence-corrected chi connectivity index (χ3v) is 12.0. The quantitative estimate of drug-likeness (QED) is 0.129. The SMILES string of the molecule is CCn1c(-c2[c-]ccc3c2oc2ccccc23)nc2ccccc21.[2H]C(C)(C)c1cc(-c2[c-]cccc2)nc[c]1[Ge]([CH3])([CH3])[CH3].[Ir]. The summed E-state index contributed by atoms with van der Waals surface area (Å²) in [6.07, 6.45) is 2.00. The fraction of sp³-hybridized carbons (Fsp3) is 0.211. The van der Waals surface area contributed by atoms with Crippen LogP contribution in [-0.2, 0) is 26.7 Å². The fourth-order valence-electron chi connectivity index (χ4n) is 5.61. The normalized spacial score (nSPS) is 12.1. The molecule has 0 aliphatic rings. The van der Waals surface area contributed by atoms with Crippen LogP contribution in [0.3, 0.4) is 0 Å². The molecule has 4 nitrogen and oxygen atoms in total. The van der Waals surface area contributed by atoms with E-state index < -0.39 is 19.2 Å². The molecule has 0 N–H and O–H groups in total. The molecule has 0 saturated heterocycles. The number of fused-ring (bicyclic) bond motifs is 4. The molecule has 0 aliphatic heterocycles. The average Bonchev–Trinajstić information content (AvgIpc) is 3.59. The van der Waals surface area contributed by atoms with Crippen molar-refractivity contribution in [2.45, 2.75) is 50.5 Å². The molecule has 3 aromatic heterocycles. The summed E-state index contributed by atoms with van der Waals surface area (Å²) < 4.78 is 18.1. The zero-order chi connectivity index (χ0) is 31.1. The second-order valence-corrected chi connectivity index (χ2v) is 22.6. The molecule has 0 bridgehead atoms. The van der Waals surface area contributed by atoms with Gasteiger partial charge in [-0.1, -0.05) is 41.3 Å². The Balaban J connectivity index is 0.000000177. The Morgan fingerprint density at radius 2 is 1.66 bits per heavy atom. The van der Waals surface area contributed by atoms with Crippen LogP contribution in [0, 0.1) is 12.1 Å². The summed E-state index contributed by atoms with van der Waals surface area (Å²) in [5.74, 6) is 7.35. The molecule has 6 heteroatoms. The number of para-hydroxylation sites is 3. The summed E-state index contributed by atoms with van der Waals surface area (Å²) >= 11 is -2.03. The molecule has 4 aromatic carbocycles. The summed E-state index contributed by atoms with van der Waals surface area (Å²) in [6, 6.07) is 36.9. The molecule has 0 saturated carbocycles. The molecule has 0 atom stereocenters. The molecule has 225 valence electrons. The van der Waals surface area contributed by atoms with Gasteiger partial charge in [-0.15, -0.1) is 18.2 Å². The first-order chi connectivity index (χ1) is 21.1. The van der Waals surface area contributed by atoms with Crippen LogP contribution in [0.5, 0.6) is 0 Å². The first-order valence-electron chi connectivity index (χ1n) is 15.3. The summed E-state index contributed by atoms with van der Waals surface area (Å²) in [4.78, 5) is 9.47. The molecular formula is C38H37GeIrN3O-2. The van der Waals surface area contributed by atoms with Crippen molar-refractivity contribution in [3.8, 4) is 22.6 Å². The Kier molecular flexibility index (Phi) is 9.18. The Morgan fingerprint density at radius 1 is 0.909 bits per heavy atom. The van der Waals surface area contributed by atoms with E-state index >= 15 is 0 Å². The maximum Gasteiger partial charge on any atom is 0 e. The minimum absolute atomic E-state index is 0. The molecule has 1 radical (unpaired) electrons. The number of pyridine rings is 1. The van der Waals surface area contributed by atoms with E-state index in [0.717, 1.165) is 67.7 Å². The van der Waals surface area contributed by atoms with Crippen molar-refractivity contribution in [1.29, 1.82) is 0 Å². The molecule has 7 aromatic rings. The van der Waals surface area contributed by atoms with Crippen LogP contribution in [0.15, 0.2) is 102 Å². The fourth-order valence-corrected chi connectivity index (χ4v) is 8.93. The van der Waals surface area contributed by atoms with E-state index in [1.165, 1.54) is 4.40 Å². The number of hydrogen-bond acceptors (Lipinski definition) is 3. The van der Waals surface area contributed by atoms with Gasteiger partial charge in [0.25, 0.3) is 0 Å². The molecule has 44 heavy (non-hydrogen) atoms. The maximum absolute atomic E-state index is 8.44. The minimum atomic E-state index is -2.03. The average molecular weight is 818 g/mol. The number of nitrogens with zero attached hydrogens (tertiary/aromatic N) is 3. The predicted octanol–water partition coefficient (Wildman–Crippen LogP) is 9.64. The molecule has 3 heterocycles. The topological polar surface area (TPSA) is 43.9 Å². The number of hydrogen-bond donors (Lipinski definition) is 0. The number of aryl methyl sites for hydroxylation is 1. The Hall–Kier alpha value is -3.51. The van der Waals surface area contributed by atoms with Crippen LogP contribution in [0.4, 0.5) is 0 Å². The van der Waals surface area contributed by atoms with E-state index in [0.29, 0.717) is 0 Å². The van der Waals surface area contributed by atoms with Crippen molar-refractivity contribution < 1.29 is 25.9 Å². The van der Waals surface area contributed by atoms with Gasteiger partial charge >= 0.3 is 120 Å². The Bertz CT molecular complexity index is 2090. The van der Waals surface area contributed by atoms with Crippen molar-refractivity contribution in [3.63, 3.8) is 0 Å². The van der Waals surface area contributed by atoms with Crippen LogP contribution in [0.1, 0.15) is 33.6 Å². The Morgan fingerprint density at radius 3 is 2.39 bits per heavy atom. The van der Waals surface area contributed by atoms with Crippen LogP contribution in [0.25, 0.3) is 55.6 Å². The van der Waals surface area contributed by atoms with Gasteiger partial charge in [0, 0.05) is 32.0 Å². The van der Waals surface area contributed by atoms with Crippen molar-refractivity contribution in [3.05, 3.63) is 115 Å². The van der Waals surface area contributed by atoms with Crippen molar-refractivity contribution in [1.82, 2.24) is 14.5 Å². The van der Waals surface area contributed by atoms with E-state index in [-0.39, 0.29) is 20.1 Å². The van der Waals surface area contributed by atoms with E-state index in [1.807, 2.05) is 86.8 Å². The van der Waals surface area contributed by atoms with E-state index in [9.17, 15) is 0 Å². The number of imidazole rings is 1. The van der Waals surface area contributed by atoms with Gasteiger partial charge in [0.1, 0.15) is 5.58 Å². The third-order valence-electron chi connectivity index (χ3n) is 7.77. The zero-order valence-corrected chi connectivity index (χ0v) is 30.5. The van der Waals surface area contributed by atoms with Gasteiger partial charge in [-0.25, -0.2) is 0 Å². The smallest absolute Gasteiger partial charge is 0 e. The van der Waals surface area contributed by atoms with Crippen molar-refractivity contribution in [2.75, 3.05) is 0 Å². The van der Waals surface area contributed by atoms with Crippen LogP contribution < -0.4 is 4.40 Å².